The summed E-state index contributed by atoms with van der Waals surface area (Å²) in [6.07, 6.45) is 1.90. The molecular weight excluding hydrogens is 576 g/mol. The lowest BCUT2D eigenvalue weighted by atomic mass is 10.1. The molecule has 0 spiro atoms. The molecule has 0 saturated heterocycles. The minimum absolute atomic E-state index is 0.156. The third-order valence-electron chi connectivity index (χ3n) is 6.57. The van der Waals surface area contributed by atoms with Crippen molar-refractivity contribution in [2.75, 3.05) is 15.6 Å². The van der Waals surface area contributed by atoms with Crippen LogP contribution in [0.2, 0.25) is 0 Å². The SMILES string of the molecule is CC(=O)N(c1ccc(S(=O)(=O)CC2CC2)cc1)c1cccc(C(=O)N(c2ccccc2)c2ccc(Br)cc2)c1. The Kier molecular flexibility index (Phi) is 7.68. The van der Waals surface area contributed by atoms with Gasteiger partial charge in [-0.05, 0) is 97.6 Å². The standard InChI is InChI=1S/C31H27BrN2O4S/c1-22(35)33(27-16-18-30(19-17-27)39(37,38)21-23-10-11-23)29-9-5-6-24(20-29)31(36)34(26-7-3-2-4-8-26)28-14-12-25(32)13-15-28/h2-9,12-20,23H,10-11,21H2,1H3. The Balaban J connectivity index is 1.48. The van der Waals surface area contributed by atoms with Gasteiger partial charge in [-0.3, -0.25) is 19.4 Å². The number of amides is 2. The van der Waals surface area contributed by atoms with E-state index in [-0.39, 0.29) is 28.4 Å². The molecule has 4 aromatic rings. The predicted molar refractivity (Wildman–Crippen MR) is 158 cm³/mol. The normalized spacial score (nSPS) is 13.1. The summed E-state index contributed by atoms with van der Waals surface area (Å²) in [5.74, 6) is -0.114. The molecule has 8 heteroatoms. The van der Waals surface area contributed by atoms with Gasteiger partial charge in [0.2, 0.25) is 5.91 Å². The molecule has 1 aliphatic carbocycles. The van der Waals surface area contributed by atoms with Crippen LogP contribution in [0.3, 0.4) is 0 Å². The van der Waals surface area contributed by atoms with Gasteiger partial charge in [0.25, 0.3) is 5.91 Å². The van der Waals surface area contributed by atoms with Crippen LogP contribution in [0.25, 0.3) is 0 Å². The van der Waals surface area contributed by atoms with Gasteiger partial charge in [-0.2, -0.15) is 0 Å². The lowest BCUT2D eigenvalue weighted by Crippen LogP contribution is -2.27. The second-order valence-electron chi connectivity index (χ2n) is 9.58. The van der Waals surface area contributed by atoms with Crippen LogP contribution in [-0.4, -0.2) is 26.0 Å². The smallest absolute Gasteiger partial charge is 0.262 e. The number of nitrogens with zero attached hydrogens (tertiary/aromatic N) is 2. The Morgan fingerprint density at radius 1 is 0.744 bits per heavy atom. The molecule has 1 saturated carbocycles. The Morgan fingerprint density at radius 2 is 1.31 bits per heavy atom. The molecule has 0 N–H and O–H groups in total. The van der Waals surface area contributed by atoms with E-state index < -0.39 is 9.84 Å². The quantitative estimate of drug-likeness (QED) is 0.212. The first-order chi connectivity index (χ1) is 18.7. The van der Waals surface area contributed by atoms with Gasteiger partial charge in [0.1, 0.15) is 0 Å². The molecular formula is C31H27BrN2O4S. The van der Waals surface area contributed by atoms with Gasteiger partial charge in [-0.1, -0.05) is 40.2 Å². The molecule has 0 aliphatic heterocycles. The van der Waals surface area contributed by atoms with E-state index in [0.717, 1.165) is 17.3 Å². The van der Waals surface area contributed by atoms with Crippen molar-refractivity contribution < 1.29 is 18.0 Å². The summed E-state index contributed by atoms with van der Waals surface area (Å²) in [4.78, 5) is 30.0. The number of carbonyl (C=O) groups excluding carboxylic acids is 2. The molecule has 0 radical (unpaired) electrons. The summed E-state index contributed by atoms with van der Waals surface area (Å²) >= 11 is 3.45. The van der Waals surface area contributed by atoms with Crippen LogP contribution in [-0.2, 0) is 14.6 Å². The van der Waals surface area contributed by atoms with Crippen LogP contribution in [0.5, 0.6) is 0 Å². The van der Waals surface area contributed by atoms with E-state index in [0.29, 0.717) is 28.3 Å². The van der Waals surface area contributed by atoms with Crippen molar-refractivity contribution >= 4 is 60.3 Å². The molecule has 1 aliphatic rings. The van der Waals surface area contributed by atoms with E-state index in [1.165, 1.54) is 11.8 Å². The van der Waals surface area contributed by atoms with Crippen molar-refractivity contribution in [1.82, 2.24) is 0 Å². The van der Waals surface area contributed by atoms with Crippen LogP contribution in [0.15, 0.2) is 112 Å². The van der Waals surface area contributed by atoms with Crippen molar-refractivity contribution in [3.63, 3.8) is 0 Å². The minimum atomic E-state index is -3.36. The Morgan fingerprint density at radius 3 is 1.92 bits per heavy atom. The lowest BCUT2D eigenvalue weighted by molar-refractivity contribution is -0.115. The largest absolute Gasteiger partial charge is 0.281 e. The summed E-state index contributed by atoms with van der Waals surface area (Å²) < 4.78 is 26.3. The number of hydrogen-bond acceptors (Lipinski definition) is 4. The highest BCUT2D eigenvalue weighted by Gasteiger charge is 2.29. The van der Waals surface area contributed by atoms with Gasteiger partial charge in [0.15, 0.2) is 9.84 Å². The van der Waals surface area contributed by atoms with Gasteiger partial charge in [-0.25, -0.2) is 8.42 Å². The number of hydrogen-bond donors (Lipinski definition) is 0. The average molecular weight is 604 g/mol. The third kappa shape index (κ3) is 6.13. The van der Waals surface area contributed by atoms with E-state index in [2.05, 4.69) is 15.9 Å². The summed E-state index contributed by atoms with van der Waals surface area (Å²) in [6, 6.07) is 30.1. The zero-order valence-electron chi connectivity index (χ0n) is 21.3. The molecule has 2 amide bonds. The van der Waals surface area contributed by atoms with E-state index >= 15 is 0 Å². The van der Waals surface area contributed by atoms with Gasteiger partial charge in [-0.15, -0.1) is 0 Å². The number of carbonyl (C=O) groups is 2. The highest BCUT2D eigenvalue weighted by Crippen LogP contribution is 2.34. The van der Waals surface area contributed by atoms with Crippen molar-refractivity contribution in [3.05, 3.63) is 113 Å². The fourth-order valence-corrected chi connectivity index (χ4v) is 6.43. The fourth-order valence-electron chi connectivity index (χ4n) is 4.46. The molecule has 6 nitrogen and oxygen atoms in total. The lowest BCUT2D eigenvalue weighted by Gasteiger charge is -2.25. The van der Waals surface area contributed by atoms with E-state index in [1.54, 1.807) is 53.4 Å². The topological polar surface area (TPSA) is 74.8 Å². The predicted octanol–water partition coefficient (Wildman–Crippen LogP) is 7.30. The Bertz CT molecular complexity index is 1600. The average Bonchev–Trinajstić information content (AvgIpc) is 3.74. The fraction of sp³-hybridized carbons (Fsp3) is 0.161. The maximum Gasteiger partial charge on any atom is 0.262 e. The second-order valence-corrected chi connectivity index (χ2v) is 12.5. The van der Waals surface area contributed by atoms with Crippen molar-refractivity contribution in [1.29, 1.82) is 0 Å². The minimum Gasteiger partial charge on any atom is -0.281 e. The molecule has 4 aromatic carbocycles. The molecule has 198 valence electrons. The summed E-state index contributed by atoms with van der Waals surface area (Å²) in [6.45, 7) is 1.43. The zero-order valence-corrected chi connectivity index (χ0v) is 23.7. The first-order valence-corrected chi connectivity index (χ1v) is 15.1. The number of benzene rings is 4. The van der Waals surface area contributed by atoms with Crippen LogP contribution in [0, 0.1) is 5.92 Å². The molecule has 5 rings (SSSR count). The molecule has 39 heavy (non-hydrogen) atoms. The highest BCUT2D eigenvalue weighted by molar-refractivity contribution is 9.10. The first-order valence-electron chi connectivity index (χ1n) is 12.6. The summed E-state index contributed by atoms with van der Waals surface area (Å²) in [5.41, 5.74) is 2.83. The number of rotatable bonds is 8. The molecule has 0 aromatic heterocycles. The zero-order chi connectivity index (χ0) is 27.6. The van der Waals surface area contributed by atoms with Gasteiger partial charge < -0.3 is 0 Å². The maximum absolute atomic E-state index is 13.9. The number of sulfone groups is 1. The number of para-hydroxylation sites is 1. The third-order valence-corrected chi connectivity index (χ3v) is 9.00. The van der Waals surface area contributed by atoms with Crippen LogP contribution >= 0.6 is 15.9 Å². The molecule has 0 heterocycles. The first kappa shape index (κ1) is 26.8. The monoisotopic (exact) mass is 602 g/mol. The van der Waals surface area contributed by atoms with E-state index in [4.69, 9.17) is 0 Å². The van der Waals surface area contributed by atoms with Gasteiger partial charge >= 0.3 is 0 Å². The van der Waals surface area contributed by atoms with E-state index in [9.17, 15) is 18.0 Å². The van der Waals surface area contributed by atoms with E-state index in [1.807, 2.05) is 54.6 Å². The molecule has 0 unspecified atom stereocenters. The highest BCUT2D eigenvalue weighted by atomic mass is 79.9. The van der Waals surface area contributed by atoms with Gasteiger partial charge in [0, 0.05) is 39.7 Å². The van der Waals surface area contributed by atoms with Crippen molar-refractivity contribution in [2.24, 2.45) is 5.92 Å². The van der Waals surface area contributed by atoms with Crippen molar-refractivity contribution in [2.45, 2.75) is 24.7 Å². The maximum atomic E-state index is 13.9. The number of halogens is 1. The molecule has 1 fully saturated rings. The molecule has 0 bridgehead atoms. The van der Waals surface area contributed by atoms with Crippen LogP contribution in [0.4, 0.5) is 22.7 Å². The summed E-state index contributed by atoms with van der Waals surface area (Å²) in [7, 11) is -3.36. The Labute approximate surface area is 236 Å². The van der Waals surface area contributed by atoms with Crippen molar-refractivity contribution in [3.8, 4) is 0 Å². The van der Waals surface area contributed by atoms with Crippen LogP contribution < -0.4 is 9.80 Å². The Hall–Kier alpha value is -3.75. The van der Waals surface area contributed by atoms with Gasteiger partial charge in [0.05, 0.1) is 10.6 Å². The molecule has 0 atom stereocenters. The second kappa shape index (κ2) is 11.2. The van der Waals surface area contributed by atoms with Crippen LogP contribution in [0.1, 0.15) is 30.1 Å². The summed E-state index contributed by atoms with van der Waals surface area (Å²) in [5, 5.41) is 0. The number of anilines is 4.